The lowest BCUT2D eigenvalue weighted by Gasteiger charge is -2.27. The van der Waals surface area contributed by atoms with Gasteiger partial charge in [0.2, 0.25) is 11.8 Å². The minimum Gasteiger partial charge on any atom is -0.481 e. The van der Waals surface area contributed by atoms with Crippen LogP contribution >= 0.6 is 0 Å². The average Bonchev–Trinajstić information content (AvgIpc) is 3.39. The third-order valence-corrected chi connectivity index (χ3v) is 7.67. The van der Waals surface area contributed by atoms with E-state index in [1.807, 2.05) is 0 Å². The van der Waals surface area contributed by atoms with Gasteiger partial charge in [0.25, 0.3) is 10.0 Å². The Balaban J connectivity index is 1.46. The smallest absolute Gasteiger partial charge is 0.307 e. The molecule has 1 heterocycles. The molecular weight excluding hydrogens is 410 g/mol. The second-order valence-corrected chi connectivity index (χ2v) is 9.75. The second-order valence-electron chi connectivity index (χ2n) is 8.06. The number of carboxylic acid groups (broad SMARTS) is 1. The number of carbonyl (C=O) groups excluding carboxylic acids is 1. The van der Waals surface area contributed by atoms with E-state index in [-0.39, 0.29) is 28.5 Å². The number of rotatable bonds is 6. The van der Waals surface area contributed by atoms with Gasteiger partial charge in [0.1, 0.15) is 0 Å². The van der Waals surface area contributed by atoms with Gasteiger partial charge in [-0.1, -0.05) is 5.16 Å². The molecule has 30 heavy (non-hydrogen) atoms. The summed E-state index contributed by atoms with van der Waals surface area (Å²) in [6.07, 6.45) is 2.50. The number of benzene rings is 1. The summed E-state index contributed by atoms with van der Waals surface area (Å²) in [6, 6.07) is 5.69. The van der Waals surface area contributed by atoms with Crippen molar-refractivity contribution >= 4 is 33.5 Å². The molecule has 2 saturated carbocycles. The second kappa shape index (κ2) is 7.42. The van der Waals surface area contributed by atoms with Crippen LogP contribution in [0.2, 0.25) is 0 Å². The minimum absolute atomic E-state index is 0.00251. The predicted molar refractivity (Wildman–Crippen MR) is 107 cm³/mol. The minimum atomic E-state index is -3.88. The number of nitrogens with one attached hydrogen (secondary N) is 2. The van der Waals surface area contributed by atoms with E-state index >= 15 is 0 Å². The van der Waals surface area contributed by atoms with Gasteiger partial charge in [-0.25, -0.2) is 13.1 Å². The van der Waals surface area contributed by atoms with Crippen LogP contribution in [0.5, 0.6) is 0 Å². The fraction of sp³-hybridized carbons (Fsp3) is 0.450. The van der Waals surface area contributed by atoms with E-state index < -0.39 is 27.8 Å². The molecule has 160 valence electrons. The van der Waals surface area contributed by atoms with E-state index in [0.29, 0.717) is 16.9 Å². The standard InChI is InChI=1S/C20H23N3O6S/c1-10-11(2)22-29-19(10)23-30(27,28)15-7-5-14(6-8-15)21-18(24)16-12-3-4-13(9-12)17(16)20(25)26/h5-8,12-13,16-17,23H,3-4,9H2,1-2H3,(H,21,24)(H,25,26)/t12-,13-,16+,17+/m0/s1. The van der Waals surface area contributed by atoms with Gasteiger partial charge in [0, 0.05) is 11.3 Å². The third kappa shape index (κ3) is 3.55. The van der Waals surface area contributed by atoms with Crippen LogP contribution in [0.4, 0.5) is 11.6 Å². The van der Waals surface area contributed by atoms with Crippen molar-refractivity contribution in [2.24, 2.45) is 23.7 Å². The number of aliphatic carboxylic acids is 1. The largest absolute Gasteiger partial charge is 0.481 e. The number of carbonyl (C=O) groups is 2. The summed E-state index contributed by atoms with van der Waals surface area (Å²) < 4.78 is 32.5. The molecule has 0 saturated heterocycles. The summed E-state index contributed by atoms with van der Waals surface area (Å²) in [4.78, 5) is 24.4. The molecule has 10 heteroatoms. The molecule has 0 radical (unpaired) electrons. The molecule has 1 aromatic heterocycles. The summed E-state index contributed by atoms with van der Waals surface area (Å²) in [5.74, 6) is -2.24. The van der Waals surface area contributed by atoms with Crippen molar-refractivity contribution in [3.8, 4) is 0 Å². The molecule has 4 rings (SSSR count). The number of amides is 1. The lowest BCUT2D eigenvalue weighted by molar-refractivity contribution is -0.148. The van der Waals surface area contributed by atoms with Crippen LogP contribution in [0.15, 0.2) is 33.7 Å². The van der Waals surface area contributed by atoms with E-state index in [4.69, 9.17) is 4.52 Å². The Bertz CT molecular complexity index is 1090. The molecule has 2 aliphatic carbocycles. The molecule has 9 nitrogen and oxygen atoms in total. The topological polar surface area (TPSA) is 139 Å². The van der Waals surface area contributed by atoms with Crippen molar-refractivity contribution in [1.29, 1.82) is 0 Å². The van der Waals surface area contributed by atoms with Gasteiger partial charge in [-0.15, -0.1) is 0 Å². The van der Waals surface area contributed by atoms with Gasteiger partial charge in [-0.3, -0.25) is 9.59 Å². The number of sulfonamides is 1. The van der Waals surface area contributed by atoms with Crippen LogP contribution in [-0.4, -0.2) is 30.6 Å². The Morgan fingerprint density at radius 2 is 1.73 bits per heavy atom. The zero-order chi connectivity index (χ0) is 21.6. The molecule has 4 atom stereocenters. The van der Waals surface area contributed by atoms with Gasteiger partial charge in [0.05, 0.1) is 22.4 Å². The average molecular weight is 433 g/mol. The number of aryl methyl sites for hydroxylation is 1. The maximum atomic E-state index is 12.8. The highest BCUT2D eigenvalue weighted by Gasteiger charge is 2.53. The summed E-state index contributed by atoms with van der Waals surface area (Å²) in [7, 11) is -3.88. The van der Waals surface area contributed by atoms with Crippen molar-refractivity contribution in [3.63, 3.8) is 0 Å². The van der Waals surface area contributed by atoms with Crippen LogP contribution in [0, 0.1) is 37.5 Å². The normalized spacial score (nSPS) is 25.3. The Morgan fingerprint density at radius 3 is 2.30 bits per heavy atom. The summed E-state index contributed by atoms with van der Waals surface area (Å²) >= 11 is 0. The van der Waals surface area contributed by atoms with E-state index in [0.717, 1.165) is 19.3 Å². The highest BCUT2D eigenvalue weighted by Crippen LogP contribution is 2.52. The molecule has 0 unspecified atom stereocenters. The Hall–Kier alpha value is -2.88. The van der Waals surface area contributed by atoms with Gasteiger partial charge in [0.15, 0.2) is 0 Å². The number of hydrogen-bond donors (Lipinski definition) is 3. The lowest BCUT2D eigenvalue weighted by Crippen LogP contribution is -2.37. The molecule has 0 aliphatic heterocycles. The van der Waals surface area contributed by atoms with Crippen LogP contribution in [-0.2, 0) is 19.6 Å². The zero-order valence-electron chi connectivity index (χ0n) is 16.6. The molecule has 2 bridgehead atoms. The molecule has 0 spiro atoms. The van der Waals surface area contributed by atoms with Gasteiger partial charge < -0.3 is 14.9 Å². The number of fused-ring (bicyclic) bond motifs is 2. The van der Waals surface area contributed by atoms with Gasteiger partial charge in [-0.2, -0.15) is 0 Å². The first kappa shape index (κ1) is 20.4. The quantitative estimate of drug-likeness (QED) is 0.636. The van der Waals surface area contributed by atoms with E-state index in [9.17, 15) is 23.1 Å². The van der Waals surface area contributed by atoms with Crippen molar-refractivity contribution < 1.29 is 27.6 Å². The molecule has 1 amide bonds. The molecular formula is C20H23N3O6S. The Labute approximate surface area is 173 Å². The molecule has 1 aromatic carbocycles. The van der Waals surface area contributed by atoms with Crippen LogP contribution in [0.25, 0.3) is 0 Å². The maximum absolute atomic E-state index is 12.8. The maximum Gasteiger partial charge on any atom is 0.307 e. The first-order valence-corrected chi connectivity index (χ1v) is 11.2. The number of anilines is 2. The number of aromatic nitrogens is 1. The fourth-order valence-corrected chi connectivity index (χ4v) is 5.71. The highest BCUT2D eigenvalue weighted by atomic mass is 32.2. The third-order valence-electron chi connectivity index (χ3n) is 6.32. The predicted octanol–water partition coefficient (Wildman–Crippen LogP) is 2.78. The van der Waals surface area contributed by atoms with Crippen LogP contribution in [0.3, 0.4) is 0 Å². The van der Waals surface area contributed by atoms with Gasteiger partial charge in [-0.05, 0) is 69.2 Å². The molecule has 2 fully saturated rings. The number of nitrogens with zero attached hydrogens (tertiary/aromatic N) is 1. The van der Waals surface area contributed by atoms with Crippen molar-refractivity contribution in [2.75, 3.05) is 10.0 Å². The molecule has 3 N–H and O–H groups in total. The summed E-state index contributed by atoms with van der Waals surface area (Å²) in [6.45, 7) is 3.40. The molecule has 2 aromatic rings. The SMILES string of the molecule is Cc1noc(NS(=O)(=O)c2ccc(NC(=O)[C@@H]3[C@H]4CC[C@@H](C4)[C@H]3C(=O)O)cc2)c1C. The first-order valence-electron chi connectivity index (χ1n) is 9.77. The van der Waals surface area contributed by atoms with Crippen LogP contribution < -0.4 is 10.0 Å². The fourth-order valence-electron chi connectivity index (χ4n) is 4.66. The van der Waals surface area contributed by atoms with Crippen LogP contribution in [0.1, 0.15) is 30.5 Å². The van der Waals surface area contributed by atoms with Crippen molar-refractivity contribution in [1.82, 2.24) is 5.16 Å². The van der Waals surface area contributed by atoms with Crippen molar-refractivity contribution in [3.05, 3.63) is 35.5 Å². The summed E-state index contributed by atoms with van der Waals surface area (Å²) in [5, 5.41) is 16.0. The Kier molecular flexibility index (Phi) is 5.05. The molecule has 2 aliphatic rings. The lowest BCUT2D eigenvalue weighted by atomic mass is 9.78. The van der Waals surface area contributed by atoms with E-state index in [2.05, 4.69) is 15.2 Å². The first-order chi connectivity index (χ1) is 14.2. The number of carboxylic acids is 1. The number of hydrogen-bond acceptors (Lipinski definition) is 6. The zero-order valence-corrected chi connectivity index (χ0v) is 17.4. The van der Waals surface area contributed by atoms with Crippen molar-refractivity contribution in [2.45, 2.75) is 38.0 Å². The Morgan fingerprint density at radius 1 is 1.10 bits per heavy atom. The summed E-state index contributed by atoms with van der Waals surface area (Å²) in [5.41, 5.74) is 1.60. The monoisotopic (exact) mass is 433 g/mol. The van der Waals surface area contributed by atoms with Gasteiger partial charge >= 0.3 is 5.97 Å². The van der Waals surface area contributed by atoms with E-state index in [1.165, 1.54) is 24.3 Å². The van der Waals surface area contributed by atoms with E-state index in [1.54, 1.807) is 13.8 Å². The highest BCUT2D eigenvalue weighted by molar-refractivity contribution is 7.92.